The van der Waals surface area contributed by atoms with Crippen molar-refractivity contribution in [3.63, 3.8) is 0 Å². The van der Waals surface area contributed by atoms with Crippen LogP contribution in [-0.4, -0.2) is 37.4 Å². The van der Waals surface area contributed by atoms with Crippen LogP contribution >= 0.6 is 0 Å². The van der Waals surface area contributed by atoms with Gasteiger partial charge in [0.05, 0.1) is 24.3 Å². The Morgan fingerprint density at radius 3 is 2.82 bits per heavy atom. The molecule has 0 radical (unpaired) electrons. The van der Waals surface area contributed by atoms with E-state index in [4.69, 9.17) is 5.26 Å². The molecule has 2 N–H and O–H groups in total. The summed E-state index contributed by atoms with van der Waals surface area (Å²) in [6, 6.07) is 9.78. The van der Waals surface area contributed by atoms with Crippen LogP contribution in [0.1, 0.15) is 12.0 Å². The number of nitrogens with zero attached hydrogens (tertiary/aromatic N) is 2. The highest BCUT2D eigenvalue weighted by Gasteiger charge is 2.20. The lowest BCUT2D eigenvalue weighted by Gasteiger charge is -2.30. The zero-order valence-corrected chi connectivity index (χ0v) is 9.76. The van der Waals surface area contributed by atoms with Gasteiger partial charge in [-0.05, 0) is 37.2 Å². The smallest absolute Gasteiger partial charge is 0.0991 e. The molecule has 17 heavy (non-hydrogen) atoms. The first-order valence-corrected chi connectivity index (χ1v) is 5.93. The summed E-state index contributed by atoms with van der Waals surface area (Å²) in [7, 11) is 0. The zero-order valence-electron chi connectivity index (χ0n) is 9.76. The van der Waals surface area contributed by atoms with E-state index in [0.29, 0.717) is 5.56 Å². The van der Waals surface area contributed by atoms with Crippen molar-refractivity contribution < 1.29 is 5.11 Å². The first-order valence-electron chi connectivity index (χ1n) is 5.93. The SMILES string of the molecule is N#Cc1ccc(N2CCCNCC2CO)cc1. The highest BCUT2D eigenvalue weighted by molar-refractivity contribution is 5.50. The average Bonchev–Trinajstić information content (AvgIpc) is 2.64. The maximum atomic E-state index is 9.41. The zero-order chi connectivity index (χ0) is 12.1. The van der Waals surface area contributed by atoms with Crippen LogP contribution in [0, 0.1) is 11.3 Å². The van der Waals surface area contributed by atoms with Crippen LogP contribution in [0.2, 0.25) is 0 Å². The Morgan fingerprint density at radius 1 is 1.41 bits per heavy atom. The molecular weight excluding hydrogens is 214 g/mol. The number of aliphatic hydroxyl groups is 1. The fourth-order valence-corrected chi connectivity index (χ4v) is 2.17. The van der Waals surface area contributed by atoms with Gasteiger partial charge in [-0.15, -0.1) is 0 Å². The molecule has 1 saturated heterocycles. The quantitative estimate of drug-likeness (QED) is 0.787. The van der Waals surface area contributed by atoms with E-state index in [2.05, 4.69) is 16.3 Å². The van der Waals surface area contributed by atoms with Gasteiger partial charge in [-0.2, -0.15) is 5.26 Å². The number of anilines is 1. The summed E-state index contributed by atoms with van der Waals surface area (Å²) in [5, 5.41) is 21.5. The highest BCUT2D eigenvalue weighted by Crippen LogP contribution is 2.19. The van der Waals surface area contributed by atoms with Crippen molar-refractivity contribution in [3.8, 4) is 6.07 Å². The van der Waals surface area contributed by atoms with E-state index in [-0.39, 0.29) is 12.6 Å². The molecule has 2 rings (SSSR count). The maximum absolute atomic E-state index is 9.41. The third-order valence-electron chi connectivity index (χ3n) is 3.11. The molecule has 1 aromatic carbocycles. The number of nitriles is 1. The Labute approximate surface area is 101 Å². The predicted octanol–water partition coefficient (Wildman–Crippen LogP) is 0.719. The normalized spacial score (nSPS) is 20.7. The highest BCUT2D eigenvalue weighted by atomic mass is 16.3. The van der Waals surface area contributed by atoms with E-state index in [9.17, 15) is 5.11 Å². The number of aliphatic hydroxyl groups excluding tert-OH is 1. The van der Waals surface area contributed by atoms with Gasteiger partial charge in [-0.25, -0.2) is 0 Å². The van der Waals surface area contributed by atoms with Gasteiger partial charge in [0.1, 0.15) is 0 Å². The van der Waals surface area contributed by atoms with Crippen molar-refractivity contribution in [1.29, 1.82) is 5.26 Å². The molecule has 1 unspecified atom stereocenters. The fourth-order valence-electron chi connectivity index (χ4n) is 2.17. The third-order valence-corrected chi connectivity index (χ3v) is 3.11. The topological polar surface area (TPSA) is 59.3 Å². The molecule has 0 spiro atoms. The van der Waals surface area contributed by atoms with Crippen LogP contribution in [0.4, 0.5) is 5.69 Å². The van der Waals surface area contributed by atoms with E-state index < -0.39 is 0 Å². The number of benzene rings is 1. The summed E-state index contributed by atoms with van der Waals surface area (Å²) < 4.78 is 0. The van der Waals surface area contributed by atoms with Crippen molar-refractivity contribution in [3.05, 3.63) is 29.8 Å². The summed E-state index contributed by atoms with van der Waals surface area (Å²) in [6.07, 6.45) is 1.07. The van der Waals surface area contributed by atoms with E-state index in [0.717, 1.165) is 31.7 Å². The van der Waals surface area contributed by atoms with Gasteiger partial charge in [-0.3, -0.25) is 0 Å². The van der Waals surface area contributed by atoms with Gasteiger partial charge >= 0.3 is 0 Å². The molecule has 1 heterocycles. The summed E-state index contributed by atoms with van der Waals surface area (Å²) in [5.41, 5.74) is 1.74. The van der Waals surface area contributed by atoms with Crippen molar-refractivity contribution in [2.45, 2.75) is 12.5 Å². The van der Waals surface area contributed by atoms with E-state index in [1.54, 1.807) is 0 Å². The molecule has 1 atom stereocenters. The molecule has 1 aromatic rings. The first-order chi connectivity index (χ1) is 8.35. The van der Waals surface area contributed by atoms with Crippen molar-refractivity contribution in [1.82, 2.24) is 5.32 Å². The molecule has 4 heteroatoms. The first kappa shape index (κ1) is 11.9. The molecule has 0 aliphatic carbocycles. The summed E-state index contributed by atoms with van der Waals surface area (Å²) in [5.74, 6) is 0. The van der Waals surface area contributed by atoms with Crippen molar-refractivity contribution in [2.75, 3.05) is 31.1 Å². The van der Waals surface area contributed by atoms with Gasteiger partial charge < -0.3 is 15.3 Å². The number of hydrogen-bond donors (Lipinski definition) is 2. The minimum Gasteiger partial charge on any atom is -0.394 e. The van der Waals surface area contributed by atoms with Gasteiger partial charge in [0.15, 0.2) is 0 Å². The standard InChI is InChI=1S/C13H17N3O/c14-8-11-2-4-12(5-3-11)16-7-1-6-15-9-13(16)10-17/h2-5,13,15,17H,1,6-7,9-10H2. The predicted molar refractivity (Wildman–Crippen MR) is 66.9 cm³/mol. The Morgan fingerprint density at radius 2 is 2.18 bits per heavy atom. The van der Waals surface area contributed by atoms with Crippen LogP contribution in [0.3, 0.4) is 0 Å². The third kappa shape index (κ3) is 2.76. The molecule has 4 nitrogen and oxygen atoms in total. The summed E-state index contributed by atoms with van der Waals surface area (Å²) in [4.78, 5) is 2.21. The molecule has 1 fully saturated rings. The van der Waals surface area contributed by atoms with Crippen molar-refractivity contribution >= 4 is 5.69 Å². The van der Waals surface area contributed by atoms with Crippen LogP contribution in [-0.2, 0) is 0 Å². The fraction of sp³-hybridized carbons (Fsp3) is 0.462. The molecule has 1 aliphatic heterocycles. The molecule has 0 bridgehead atoms. The maximum Gasteiger partial charge on any atom is 0.0991 e. The monoisotopic (exact) mass is 231 g/mol. The van der Waals surface area contributed by atoms with E-state index in [1.165, 1.54) is 0 Å². The Hall–Kier alpha value is -1.57. The van der Waals surface area contributed by atoms with Gasteiger partial charge in [-0.1, -0.05) is 0 Å². The second-order valence-electron chi connectivity index (χ2n) is 4.25. The summed E-state index contributed by atoms with van der Waals surface area (Å²) >= 11 is 0. The largest absolute Gasteiger partial charge is 0.394 e. The van der Waals surface area contributed by atoms with Crippen LogP contribution < -0.4 is 10.2 Å². The molecule has 0 saturated carbocycles. The van der Waals surface area contributed by atoms with Gasteiger partial charge in [0.25, 0.3) is 0 Å². The molecular formula is C13H17N3O. The average molecular weight is 231 g/mol. The number of rotatable bonds is 2. The molecule has 90 valence electrons. The van der Waals surface area contributed by atoms with E-state index >= 15 is 0 Å². The Kier molecular flexibility index (Phi) is 3.97. The Balaban J connectivity index is 2.19. The molecule has 0 amide bonds. The second-order valence-corrected chi connectivity index (χ2v) is 4.25. The molecule has 1 aliphatic rings. The second kappa shape index (κ2) is 5.67. The Bertz CT molecular complexity index is 396. The van der Waals surface area contributed by atoms with E-state index in [1.807, 2.05) is 24.3 Å². The van der Waals surface area contributed by atoms with Crippen molar-refractivity contribution in [2.24, 2.45) is 0 Å². The lowest BCUT2D eigenvalue weighted by atomic mass is 10.1. The molecule has 0 aromatic heterocycles. The summed E-state index contributed by atoms with van der Waals surface area (Å²) in [6.45, 7) is 2.87. The minimum atomic E-state index is 0.116. The van der Waals surface area contributed by atoms with Crippen LogP contribution in [0.25, 0.3) is 0 Å². The van der Waals surface area contributed by atoms with Gasteiger partial charge in [0, 0.05) is 18.8 Å². The lowest BCUT2D eigenvalue weighted by Crippen LogP contribution is -2.42. The van der Waals surface area contributed by atoms with Gasteiger partial charge in [0.2, 0.25) is 0 Å². The minimum absolute atomic E-state index is 0.116. The lowest BCUT2D eigenvalue weighted by molar-refractivity contribution is 0.260. The number of nitrogens with one attached hydrogen (secondary N) is 1. The van der Waals surface area contributed by atoms with Crippen LogP contribution in [0.5, 0.6) is 0 Å². The van der Waals surface area contributed by atoms with Crippen LogP contribution in [0.15, 0.2) is 24.3 Å². The number of hydrogen-bond acceptors (Lipinski definition) is 4.